The number of hydrogen-bond acceptors (Lipinski definition) is 4. The Morgan fingerprint density at radius 2 is 2.31 bits per heavy atom. The predicted octanol–water partition coefficient (Wildman–Crippen LogP) is -0.457. The van der Waals surface area contributed by atoms with E-state index >= 15 is 0 Å². The smallest absolute Gasteiger partial charge is 0.303 e. The zero-order chi connectivity index (χ0) is 10.3. The Hall–Kier alpha value is -1.37. The Morgan fingerprint density at radius 1 is 1.69 bits per heavy atom. The maximum Gasteiger partial charge on any atom is 0.303 e. The van der Waals surface area contributed by atoms with E-state index in [0.29, 0.717) is 12.8 Å². The van der Waals surface area contributed by atoms with Crippen LogP contribution in [0, 0.1) is 10.1 Å². The summed E-state index contributed by atoms with van der Waals surface area (Å²) < 4.78 is 0. The Balaban J connectivity index is 3.35. The van der Waals surface area contributed by atoms with Crippen LogP contribution in [0.3, 0.4) is 0 Å². The monoisotopic (exact) mass is 194 g/mol. The maximum absolute atomic E-state index is 10.0. The highest BCUT2D eigenvalue weighted by Crippen LogP contribution is 2.01. The van der Waals surface area contributed by atoms with E-state index < -0.39 is 17.2 Å². The number of carboxylic acids is 1. The first-order valence-corrected chi connectivity index (χ1v) is 3.72. The highest BCUT2D eigenvalue weighted by atomic mass is 17.0. The minimum atomic E-state index is -0.960. The normalized spacial score (nSPS) is 12.1. The van der Waals surface area contributed by atoms with E-state index in [-0.39, 0.29) is 13.0 Å². The average molecular weight is 194 g/mol. The lowest BCUT2D eigenvalue weighted by Crippen LogP contribution is -2.18. The Kier molecular flexibility index (Phi) is 5.53. The first-order chi connectivity index (χ1) is 6.02. The van der Waals surface area contributed by atoms with Gasteiger partial charge in [0.2, 0.25) is 0 Å². The quantitative estimate of drug-likeness (QED) is 0.335. The standard InChI is InChI=1S/C6H11NO6/c8-5(4-13-7(11)12)2-1-3-6(9)10/h5,8H,1-4H2,(H,9,10)/p+1/t5-/m0/s1. The largest absolute Gasteiger partial charge is 0.481 e. The molecule has 0 saturated heterocycles. The molecule has 0 saturated carbocycles. The lowest BCUT2D eigenvalue weighted by molar-refractivity contribution is -0.759. The fourth-order valence-electron chi connectivity index (χ4n) is 0.734. The van der Waals surface area contributed by atoms with Crippen molar-refractivity contribution in [3.8, 4) is 0 Å². The molecule has 0 aromatic heterocycles. The topological polar surface area (TPSA) is 113 Å². The highest BCUT2D eigenvalue weighted by Gasteiger charge is 2.11. The summed E-state index contributed by atoms with van der Waals surface area (Å²) in [4.78, 5) is 23.7. The first kappa shape index (κ1) is 11.6. The molecule has 0 aromatic carbocycles. The second-order valence-electron chi connectivity index (χ2n) is 2.50. The van der Waals surface area contributed by atoms with Crippen LogP contribution in [0.25, 0.3) is 0 Å². The predicted molar refractivity (Wildman–Crippen MR) is 41.8 cm³/mol. The van der Waals surface area contributed by atoms with Crippen LogP contribution in [0.15, 0.2) is 0 Å². The molecular weight excluding hydrogens is 182 g/mol. The van der Waals surface area contributed by atoms with Gasteiger partial charge < -0.3 is 15.1 Å². The number of hydrogen-bond donors (Lipinski definition) is 1. The van der Waals surface area contributed by atoms with Crippen molar-refractivity contribution in [2.24, 2.45) is 0 Å². The molecule has 7 heteroatoms. The molecule has 0 radical (unpaired) electrons. The van der Waals surface area contributed by atoms with Gasteiger partial charge in [-0.1, -0.05) is 0 Å². The molecule has 0 unspecified atom stereocenters. The average Bonchev–Trinajstić information content (AvgIpc) is 2.00. The van der Waals surface area contributed by atoms with E-state index in [1.807, 2.05) is 0 Å². The Morgan fingerprint density at radius 3 is 2.77 bits per heavy atom. The minimum Gasteiger partial charge on any atom is -0.481 e. The van der Waals surface area contributed by atoms with Crippen LogP contribution in [0.1, 0.15) is 19.3 Å². The maximum atomic E-state index is 10.0. The number of carboxylic acid groups (broad SMARTS) is 1. The van der Waals surface area contributed by atoms with Gasteiger partial charge in [0.05, 0.1) is 0 Å². The van der Waals surface area contributed by atoms with Gasteiger partial charge in [0.25, 0.3) is 5.09 Å². The van der Waals surface area contributed by atoms with Gasteiger partial charge in [-0.05, 0) is 6.42 Å². The van der Waals surface area contributed by atoms with Gasteiger partial charge in [0.15, 0.2) is 12.7 Å². The lowest BCUT2D eigenvalue weighted by atomic mass is 10.2. The third-order valence-electron chi connectivity index (χ3n) is 1.32. The SMILES string of the molecule is O=C(O)CCC[C@H]([OH2+])CO[N+](=O)[O-]. The molecular formula is C6H12NO6+. The van der Waals surface area contributed by atoms with Crippen LogP contribution in [0.4, 0.5) is 0 Å². The second-order valence-corrected chi connectivity index (χ2v) is 2.50. The van der Waals surface area contributed by atoms with E-state index in [4.69, 9.17) is 10.2 Å². The summed E-state index contributed by atoms with van der Waals surface area (Å²) in [5.41, 5.74) is 0. The summed E-state index contributed by atoms with van der Waals surface area (Å²) in [6, 6.07) is 0. The number of rotatable bonds is 7. The fourth-order valence-corrected chi connectivity index (χ4v) is 0.734. The van der Waals surface area contributed by atoms with Crippen LogP contribution >= 0.6 is 0 Å². The van der Waals surface area contributed by atoms with E-state index in [1.54, 1.807) is 0 Å². The van der Waals surface area contributed by atoms with Gasteiger partial charge >= 0.3 is 5.97 Å². The molecule has 0 amide bonds. The van der Waals surface area contributed by atoms with E-state index in [2.05, 4.69) is 4.84 Å². The Bertz CT molecular complexity index is 182. The van der Waals surface area contributed by atoms with Crippen molar-refractivity contribution in [3.05, 3.63) is 10.1 Å². The van der Waals surface area contributed by atoms with Crippen LogP contribution in [-0.4, -0.2) is 34.0 Å². The highest BCUT2D eigenvalue weighted by molar-refractivity contribution is 5.66. The molecule has 0 spiro atoms. The Labute approximate surface area is 74.0 Å². The molecule has 0 aliphatic heterocycles. The molecule has 7 nitrogen and oxygen atoms in total. The van der Waals surface area contributed by atoms with Crippen LogP contribution in [0.5, 0.6) is 0 Å². The van der Waals surface area contributed by atoms with Crippen molar-refractivity contribution in [1.29, 1.82) is 0 Å². The molecule has 0 aliphatic rings. The van der Waals surface area contributed by atoms with Gasteiger partial charge in [0, 0.05) is 12.8 Å². The third kappa shape index (κ3) is 8.54. The molecule has 0 aliphatic carbocycles. The van der Waals surface area contributed by atoms with Crippen LogP contribution < -0.4 is 0 Å². The van der Waals surface area contributed by atoms with Gasteiger partial charge in [-0.2, -0.15) is 0 Å². The summed E-state index contributed by atoms with van der Waals surface area (Å²) in [7, 11) is 0. The van der Waals surface area contributed by atoms with Gasteiger partial charge in [0.1, 0.15) is 0 Å². The van der Waals surface area contributed by atoms with Crippen molar-refractivity contribution >= 4 is 5.97 Å². The summed E-state index contributed by atoms with van der Waals surface area (Å²) in [6.45, 7) is -0.299. The van der Waals surface area contributed by atoms with Crippen LogP contribution in [-0.2, 0) is 9.63 Å². The van der Waals surface area contributed by atoms with Crippen molar-refractivity contribution in [3.63, 3.8) is 0 Å². The molecule has 0 bridgehead atoms. The summed E-state index contributed by atoms with van der Waals surface area (Å²) >= 11 is 0. The second kappa shape index (κ2) is 6.18. The number of carbonyl (C=O) groups is 1. The van der Waals surface area contributed by atoms with Crippen molar-refractivity contribution in [1.82, 2.24) is 0 Å². The van der Waals surface area contributed by atoms with E-state index in [0.717, 1.165) is 0 Å². The van der Waals surface area contributed by atoms with Gasteiger partial charge in [-0.15, -0.1) is 10.1 Å². The van der Waals surface area contributed by atoms with Crippen molar-refractivity contribution < 1.29 is 24.9 Å². The first-order valence-electron chi connectivity index (χ1n) is 3.72. The molecule has 0 rings (SSSR count). The van der Waals surface area contributed by atoms with Crippen molar-refractivity contribution in [2.75, 3.05) is 6.61 Å². The molecule has 1 atom stereocenters. The van der Waals surface area contributed by atoms with Gasteiger partial charge in [-0.25, -0.2) is 0 Å². The molecule has 3 N–H and O–H groups in total. The number of aliphatic carboxylic acids is 1. The summed E-state index contributed by atoms with van der Waals surface area (Å²) in [6.07, 6.45) is -0.122. The summed E-state index contributed by atoms with van der Waals surface area (Å²) in [5, 5.41) is 24.2. The van der Waals surface area contributed by atoms with E-state index in [9.17, 15) is 14.9 Å². The van der Waals surface area contributed by atoms with Crippen LogP contribution in [0.2, 0.25) is 0 Å². The van der Waals surface area contributed by atoms with Gasteiger partial charge in [-0.3, -0.25) is 4.79 Å². The lowest BCUT2D eigenvalue weighted by Gasteiger charge is -2.03. The molecule has 0 aromatic rings. The number of nitrogens with zero attached hydrogens (tertiary/aromatic N) is 1. The molecule has 13 heavy (non-hydrogen) atoms. The summed E-state index contributed by atoms with van der Waals surface area (Å²) in [5.74, 6) is -0.928. The molecule has 76 valence electrons. The zero-order valence-electron chi connectivity index (χ0n) is 6.93. The molecule has 0 heterocycles. The van der Waals surface area contributed by atoms with E-state index in [1.165, 1.54) is 0 Å². The fraction of sp³-hybridized carbons (Fsp3) is 0.833. The minimum absolute atomic E-state index is 0.0200. The third-order valence-corrected chi connectivity index (χ3v) is 1.32. The zero-order valence-corrected chi connectivity index (χ0v) is 6.93. The van der Waals surface area contributed by atoms with Crippen molar-refractivity contribution in [2.45, 2.75) is 25.4 Å². The molecule has 0 fully saturated rings.